The zero-order valence-corrected chi connectivity index (χ0v) is 18.6. The van der Waals surface area contributed by atoms with Gasteiger partial charge in [-0.2, -0.15) is 4.98 Å². The number of unbranched alkanes of at least 4 members (excludes halogenated alkanes) is 1. The smallest absolute Gasteiger partial charge is 0.239 e. The normalized spacial score (nSPS) is 15.5. The maximum Gasteiger partial charge on any atom is 0.239 e. The van der Waals surface area contributed by atoms with E-state index in [-0.39, 0.29) is 5.25 Å². The number of anilines is 1. The van der Waals surface area contributed by atoms with Gasteiger partial charge in [-0.3, -0.25) is 4.57 Å². The largest absolute Gasteiger partial charge is 0.378 e. The molecule has 3 aromatic rings. The fourth-order valence-corrected chi connectivity index (χ4v) is 4.30. The molecule has 1 unspecified atom stereocenters. The fourth-order valence-electron chi connectivity index (χ4n) is 3.41. The Kier molecular flexibility index (Phi) is 6.69. The first-order valence-corrected chi connectivity index (χ1v) is 11.4. The van der Waals surface area contributed by atoms with Gasteiger partial charge in [-0.15, -0.1) is 10.2 Å². The van der Waals surface area contributed by atoms with Crippen molar-refractivity contribution in [1.29, 1.82) is 0 Å². The number of hydrogen-bond acceptors (Lipinski definition) is 8. The van der Waals surface area contributed by atoms with Crippen LogP contribution >= 0.6 is 11.8 Å². The molecule has 0 radical (unpaired) electrons. The molecule has 0 aliphatic carbocycles. The van der Waals surface area contributed by atoms with Gasteiger partial charge in [-0.1, -0.05) is 48.5 Å². The van der Waals surface area contributed by atoms with Crippen LogP contribution in [0.4, 0.5) is 5.95 Å². The quantitative estimate of drug-likeness (QED) is 0.498. The van der Waals surface area contributed by atoms with Crippen LogP contribution in [-0.2, 0) is 11.2 Å². The highest BCUT2D eigenvalue weighted by molar-refractivity contribution is 7.99. The molecule has 1 fully saturated rings. The number of rotatable bonds is 8. The van der Waals surface area contributed by atoms with E-state index in [2.05, 4.69) is 62.7 Å². The summed E-state index contributed by atoms with van der Waals surface area (Å²) < 4.78 is 13.2. The summed E-state index contributed by atoms with van der Waals surface area (Å²) in [5.74, 6) is 2.24. The molecule has 30 heavy (non-hydrogen) atoms. The maximum atomic E-state index is 5.52. The molecule has 4 rings (SSSR count). The number of aryl methyl sites for hydroxylation is 2. The third-order valence-corrected chi connectivity index (χ3v) is 6.16. The van der Waals surface area contributed by atoms with Crippen molar-refractivity contribution in [1.82, 2.24) is 24.9 Å². The molecule has 1 aliphatic heterocycles. The molecule has 3 heterocycles. The molecule has 0 spiro atoms. The van der Waals surface area contributed by atoms with Crippen molar-refractivity contribution in [3.63, 3.8) is 0 Å². The lowest BCUT2D eigenvalue weighted by Crippen LogP contribution is -2.38. The van der Waals surface area contributed by atoms with Gasteiger partial charge in [0.2, 0.25) is 11.8 Å². The topological polar surface area (TPSA) is 82.1 Å². The third kappa shape index (κ3) is 4.52. The lowest BCUT2D eigenvalue weighted by Gasteiger charge is -2.28. The summed E-state index contributed by atoms with van der Waals surface area (Å²) >= 11 is 1.58. The van der Waals surface area contributed by atoms with Gasteiger partial charge in [-0.05, 0) is 31.9 Å². The van der Waals surface area contributed by atoms with Crippen LogP contribution in [0.3, 0.4) is 0 Å². The number of nitrogens with zero attached hydrogens (tertiary/aromatic N) is 6. The standard InChI is InChI=1S/C21H28N6O2S/c1-4-5-10-18-22-19(29-25-18)16(3)30-21-24-23-20(26-11-13-28-14-12-26)27(21)17-9-7-6-8-15(17)2/h6-9,16H,4-5,10-14H2,1-3H3. The Morgan fingerprint density at radius 1 is 1.17 bits per heavy atom. The van der Waals surface area contributed by atoms with Crippen LogP contribution in [0.2, 0.25) is 0 Å². The van der Waals surface area contributed by atoms with Crippen molar-refractivity contribution < 1.29 is 9.26 Å². The van der Waals surface area contributed by atoms with Gasteiger partial charge in [0.1, 0.15) is 0 Å². The molecule has 0 bridgehead atoms. The van der Waals surface area contributed by atoms with Crippen molar-refractivity contribution in [2.45, 2.75) is 50.4 Å². The Balaban J connectivity index is 1.63. The molecule has 1 aromatic carbocycles. The first kappa shape index (κ1) is 20.9. The Bertz CT molecular complexity index is 966. The molecule has 160 valence electrons. The molecule has 2 aromatic heterocycles. The van der Waals surface area contributed by atoms with Gasteiger partial charge < -0.3 is 14.2 Å². The molecule has 1 atom stereocenters. The van der Waals surface area contributed by atoms with Crippen molar-refractivity contribution in [2.24, 2.45) is 0 Å². The number of aromatic nitrogens is 5. The average molecular weight is 429 g/mol. The summed E-state index contributed by atoms with van der Waals surface area (Å²) in [6, 6.07) is 8.30. The summed E-state index contributed by atoms with van der Waals surface area (Å²) in [5, 5.41) is 14.0. The molecule has 1 saturated heterocycles. The predicted molar refractivity (Wildman–Crippen MR) is 116 cm³/mol. The van der Waals surface area contributed by atoms with E-state index in [1.54, 1.807) is 11.8 Å². The number of hydrogen-bond donors (Lipinski definition) is 0. The highest BCUT2D eigenvalue weighted by atomic mass is 32.2. The Morgan fingerprint density at radius 3 is 2.73 bits per heavy atom. The van der Waals surface area contributed by atoms with Crippen LogP contribution in [-0.4, -0.2) is 51.2 Å². The van der Waals surface area contributed by atoms with E-state index in [4.69, 9.17) is 9.26 Å². The van der Waals surface area contributed by atoms with E-state index in [1.165, 1.54) is 5.56 Å². The highest BCUT2D eigenvalue weighted by Gasteiger charge is 2.25. The minimum Gasteiger partial charge on any atom is -0.378 e. The third-order valence-electron chi connectivity index (χ3n) is 5.13. The minimum absolute atomic E-state index is 0.0302. The van der Waals surface area contributed by atoms with E-state index in [9.17, 15) is 0 Å². The summed E-state index contributed by atoms with van der Waals surface area (Å²) in [6.45, 7) is 9.32. The van der Waals surface area contributed by atoms with Crippen LogP contribution in [0, 0.1) is 6.92 Å². The molecular weight excluding hydrogens is 400 g/mol. The number of benzene rings is 1. The SMILES string of the molecule is CCCCc1noc(C(C)Sc2nnc(N3CCOCC3)n2-c2ccccc2C)n1. The number of morpholine rings is 1. The molecule has 0 saturated carbocycles. The maximum absolute atomic E-state index is 5.52. The van der Waals surface area contributed by atoms with Crippen LogP contribution in [0.15, 0.2) is 33.9 Å². The van der Waals surface area contributed by atoms with Crippen LogP contribution in [0.1, 0.15) is 49.2 Å². The molecule has 0 amide bonds. The first-order valence-electron chi connectivity index (χ1n) is 10.5. The lowest BCUT2D eigenvalue weighted by atomic mass is 10.2. The van der Waals surface area contributed by atoms with E-state index in [0.717, 1.165) is 55.0 Å². The predicted octanol–water partition coefficient (Wildman–Crippen LogP) is 3.99. The summed E-state index contributed by atoms with van der Waals surface area (Å²) in [6.07, 6.45) is 3.01. The minimum atomic E-state index is -0.0302. The van der Waals surface area contributed by atoms with Crippen molar-refractivity contribution in [2.75, 3.05) is 31.2 Å². The number of thioether (sulfide) groups is 1. The van der Waals surface area contributed by atoms with Gasteiger partial charge in [0.15, 0.2) is 11.0 Å². The van der Waals surface area contributed by atoms with Gasteiger partial charge in [-0.25, -0.2) is 0 Å². The molecular formula is C21H28N6O2S. The van der Waals surface area contributed by atoms with Gasteiger partial charge in [0, 0.05) is 19.5 Å². The van der Waals surface area contributed by atoms with E-state index in [0.29, 0.717) is 19.1 Å². The second kappa shape index (κ2) is 9.61. The van der Waals surface area contributed by atoms with Gasteiger partial charge >= 0.3 is 0 Å². The van der Waals surface area contributed by atoms with E-state index >= 15 is 0 Å². The zero-order chi connectivity index (χ0) is 20.9. The Labute approximate surface area is 181 Å². The lowest BCUT2D eigenvalue weighted by molar-refractivity contribution is 0.122. The molecule has 1 aliphatic rings. The highest BCUT2D eigenvalue weighted by Crippen LogP contribution is 2.36. The zero-order valence-electron chi connectivity index (χ0n) is 17.7. The summed E-state index contributed by atoms with van der Waals surface area (Å²) in [5.41, 5.74) is 2.24. The molecule has 0 N–H and O–H groups in total. The molecule has 8 nitrogen and oxygen atoms in total. The number of para-hydroxylation sites is 1. The Morgan fingerprint density at radius 2 is 1.97 bits per heavy atom. The van der Waals surface area contributed by atoms with Gasteiger partial charge in [0.25, 0.3) is 0 Å². The average Bonchev–Trinajstić information content (AvgIpc) is 3.41. The Hall–Kier alpha value is -2.39. The second-order valence-corrected chi connectivity index (χ2v) is 8.72. The summed E-state index contributed by atoms with van der Waals surface area (Å²) in [4.78, 5) is 6.81. The first-order chi connectivity index (χ1) is 14.7. The fraction of sp³-hybridized carbons (Fsp3) is 0.524. The van der Waals surface area contributed by atoms with E-state index < -0.39 is 0 Å². The number of ether oxygens (including phenoxy) is 1. The van der Waals surface area contributed by atoms with Crippen molar-refractivity contribution in [3.8, 4) is 5.69 Å². The van der Waals surface area contributed by atoms with Crippen LogP contribution in [0.25, 0.3) is 5.69 Å². The van der Waals surface area contributed by atoms with E-state index in [1.807, 2.05) is 12.1 Å². The van der Waals surface area contributed by atoms with Gasteiger partial charge in [0.05, 0.1) is 24.2 Å². The van der Waals surface area contributed by atoms with Crippen LogP contribution in [0.5, 0.6) is 0 Å². The summed E-state index contributed by atoms with van der Waals surface area (Å²) in [7, 11) is 0. The monoisotopic (exact) mass is 428 g/mol. The molecule has 9 heteroatoms. The van der Waals surface area contributed by atoms with Crippen molar-refractivity contribution >= 4 is 17.7 Å². The van der Waals surface area contributed by atoms with Crippen LogP contribution < -0.4 is 4.90 Å². The second-order valence-electron chi connectivity index (χ2n) is 7.42. The van der Waals surface area contributed by atoms with Crippen molar-refractivity contribution in [3.05, 3.63) is 41.5 Å².